The van der Waals surface area contributed by atoms with Crippen LogP contribution in [0.4, 0.5) is 0 Å². The fourth-order valence-electron chi connectivity index (χ4n) is 3.40. The minimum Gasteiger partial charge on any atom is -0.342 e. The summed E-state index contributed by atoms with van der Waals surface area (Å²) in [6, 6.07) is 16.7. The normalized spacial score (nSPS) is 17.9. The van der Waals surface area contributed by atoms with E-state index in [4.69, 9.17) is 0 Å². The molecule has 1 aliphatic rings. The average Bonchev–Trinajstić information content (AvgIpc) is 2.67. The Labute approximate surface area is 155 Å². The van der Waals surface area contributed by atoms with E-state index in [0.29, 0.717) is 5.92 Å². The minimum absolute atomic E-state index is 0.0511. The number of likely N-dealkylation sites (tertiary alicyclic amines) is 1. The maximum atomic E-state index is 12.6. The standard InChI is InChI=1S/C21H25NO3S/c1-17-6-5-14-22(16-17)21(23)13-15-26(24,25)20-11-9-19(10-12-20)18-7-3-2-4-8-18/h2-4,7-12,17H,5-6,13-16H2,1H3. The third-order valence-electron chi connectivity index (χ3n) is 4.91. The summed E-state index contributed by atoms with van der Waals surface area (Å²) >= 11 is 0. The van der Waals surface area contributed by atoms with Crippen LogP contribution in [0.1, 0.15) is 26.2 Å². The Morgan fingerprint density at radius 1 is 1.04 bits per heavy atom. The summed E-state index contributed by atoms with van der Waals surface area (Å²) in [4.78, 5) is 14.4. The first-order chi connectivity index (χ1) is 12.5. The molecule has 1 amide bonds. The second kappa shape index (κ2) is 8.04. The first kappa shape index (κ1) is 18.6. The highest BCUT2D eigenvalue weighted by Gasteiger charge is 2.23. The van der Waals surface area contributed by atoms with Crippen LogP contribution in [0.2, 0.25) is 0 Å². The van der Waals surface area contributed by atoms with Crippen molar-refractivity contribution in [3.63, 3.8) is 0 Å². The summed E-state index contributed by atoms with van der Waals surface area (Å²) in [5.41, 5.74) is 2.02. The quantitative estimate of drug-likeness (QED) is 0.804. The van der Waals surface area contributed by atoms with E-state index in [1.165, 1.54) is 0 Å². The summed E-state index contributed by atoms with van der Waals surface area (Å²) < 4.78 is 25.1. The molecule has 3 rings (SSSR count). The highest BCUT2D eigenvalue weighted by Crippen LogP contribution is 2.22. The van der Waals surface area contributed by atoms with Gasteiger partial charge in [0.15, 0.2) is 9.84 Å². The first-order valence-electron chi connectivity index (χ1n) is 9.12. The van der Waals surface area contributed by atoms with Gasteiger partial charge < -0.3 is 4.90 Å². The van der Waals surface area contributed by atoms with Gasteiger partial charge in [-0.2, -0.15) is 0 Å². The number of benzene rings is 2. The molecule has 0 spiro atoms. The predicted octanol–water partition coefficient (Wildman–Crippen LogP) is 3.78. The average molecular weight is 372 g/mol. The van der Waals surface area contributed by atoms with Crippen molar-refractivity contribution >= 4 is 15.7 Å². The predicted molar refractivity (Wildman–Crippen MR) is 104 cm³/mol. The highest BCUT2D eigenvalue weighted by atomic mass is 32.2. The lowest BCUT2D eigenvalue weighted by Crippen LogP contribution is -2.39. The van der Waals surface area contributed by atoms with Crippen LogP contribution in [-0.4, -0.2) is 38.1 Å². The zero-order valence-corrected chi connectivity index (χ0v) is 15.9. The maximum Gasteiger partial charge on any atom is 0.223 e. The first-order valence-corrected chi connectivity index (χ1v) is 10.8. The molecule has 0 bridgehead atoms. The molecule has 0 N–H and O–H groups in total. The molecule has 1 heterocycles. The van der Waals surface area contributed by atoms with Crippen molar-refractivity contribution in [2.24, 2.45) is 5.92 Å². The van der Waals surface area contributed by atoms with E-state index < -0.39 is 9.84 Å². The molecule has 1 aliphatic heterocycles. The smallest absolute Gasteiger partial charge is 0.223 e. The van der Waals surface area contributed by atoms with Crippen molar-refractivity contribution in [1.29, 1.82) is 0 Å². The Kier molecular flexibility index (Phi) is 5.77. The summed E-state index contributed by atoms with van der Waals surface area (Å²) in [6.07, 6.45) is 2.19. The Bertz CT molecular complexity index is 845. The third kappa shape index (κ3) is 4.52. The summed E-state index contributed by atoms with van der Waals surface area (Å²) in [5, 5.41) is 0. The molecule has 0 aliphatic carbocycles. The van der Waals surface area contributed by atoms with E-state index in [0.717, 1.165) is 37.1 Å². The molecule has 0 aromatic heterocycles. The van der Waals surface area contributed by atoms with E-state index in [1.807, 2.05) is 47.4 Å². The van der Waals surface area contributed by atoms with E-state index in [1.54, 1.807) is 12.1 Å². The molecular weight excluding hydrogens is 346 g/mol. The van der Waals surface area contributed by atoms with E-state index >= 15 is 0 Å². The number of carbonyl (C=O) groups is 1. The van der Waals surface area contributed by atoms with Crippen LogP contribution in [0, 0.1) is 5.92 Å². The number of sulfone groups is 1. The molecule has 1 unspecified atom stereocenters. The number of hydrogen-bond acceptors (Lipinski definition) is 3. The van der Waals surface area contributed by atoms with Gasteiger partial charge in [-0.3, -0.25) is 4.79 Å². The molecular formula is C21H25NO3S. The van der Waals surface area contributed by atoms with E-state index in [9.17, 15) is 13.2 Å². The van der Waals surface area contributed by atoms with Crippen LogP contribution in [-0.2, 0) is 14.6 Å². The maximum absolute atomic E-state index is 12.6. The van der Waals surface area contributed by atoms with Crippen molar-refractivity contribution in [1.82, 2.24) is 4.90 Å². The van der Waals surface area contributed by atoms with Gasteiger partial charge in [0, 0.05) is 19.5 Å². The lowest BCUT2D eigenvalue weighted by molar-refractivity contribution is -0.132. The van der Waals surface area contributed by atoms with Gasteiger partial charge in [0.2, 0.25) is 5.91 Å². The molecule has 0 radical (unpaired) electrons. The van der Waals surface area contributed by atoms with Gasteiger partial charge in [-0.05, 0) is 42.0 Å². The third-order valence-corrected chi connectivity index (χ3v) is 6.65. The van der Waals surface area contributed by atoms with E-state index in [2.05, 4.69) is 6.92 Å². The van der Waals surface area contributed by atoms with Gasteiger partial charge in [-0.25, -0.2) is 8.42 Å². The molecule has 138 valence electrons. The van der Waals surface area contributed by atoms with Gasteiger partial charge in [-0.15, -0.1) is 0 Å². The van der Waals surface area contributed by atoms with Crippen LogP contribution in [0.15, 0.2) is 59.5 Å². The molecule has 4 nitrogen and oxygen atoms in total. The Balaban J connectivity index is 1.63. The number of amides is 1. The summed E-state index contributed by atoms with van der Waals surface area (Å²) in [6.45, 7) is 3.62. The molecule has 5 heteroatoms. The fourth-order valence-corrected chi connectivity index (χ4v) is 4.63. The fraction of sp³-hybridized carbons (Fsp3) is 0.381. The van der Waals surface area contributed by atoms with Crippen molar-refractivity contribution in [2.45, 2.75) is 31.1 Å². The lowest BCUT2D eigenvalue weighted by atomic mass is 10.0. The monoisotopic (exact) mass is 371 g/mol. The zero-order chi connectivity index (χ0) is 18.6. The van der Waals surface area contributed by atoms with Crippen LogP contribution in [0.5, 0.6) is 0 Å². The van der Waals surface area contributed by atoms with Crippen LogP contribution in [0.25, 0.3) is 11.1 Å². The largest absolute Gasteiger partial charge is 0.342 e. The minimum atomic E-state index is -3.45. The van der Waals surface area contributed by atoms with Gasteiger partial charge >= 0.3 is 0 Å². The SMILES string of the molecule is CC1CCCN(C(=O)CCS(=O)(=O)c2ccc(-c3ccccc3)cc2)C1. The lowest BCUT2D eigenvalue weighted by Gasteiger charge is -2.31. The Morgan fingerprint density at radius 2 is 1.69 bits per heavy atom. The van der Waals surface area contributed by atoms with Crippen molar-refractivity contribution < 1.29 is 13.2 Å². The van der Waals surface area contributed by atoms with Gasteiger partial charge in [0.25, 0.3) is 0 Å². The number of rotatable bonds is 5. The Morgan fingerprint density at radius 3 is 2.35 bits per heavy atom. The van der Waals surface area contributed by atoms with Gasteiger partial charge in [-0.1, -0.05) is 49.4 Å². The number of nitrogens with zero attached hydrogens (tertiary/aromatic N) is 1. The highest BCUT2D eigenvalue weighted by molar-refractivity contribution is 7.91. The number of hydrogen-bond donors (Lipinski definition) is 0. The molecule has 2 aromatic carbocycles. The molecule has 1 atom stereocenters. The van der Waals surface area contributed by atoms with Gasteiger partial charge in [0.05, 0.1) is 10.6 Å². The van der Waals surface area contributed by atoms with Gasteiger partial charge in [0.1, 0.15) is 0 Å². The number of carbonyl (C=O) groups excluding carboxylic acids is 1. The molecule has 26 heavy (non-hydrogen) atoms. The van der Waals surface area contributed by atoms with Crippen molar-refractivity contribution in [3.05, 3.63) is 54.6 Å². The number of piperidine rings is 1. The molecule has 1 saturated heterocycles. The second-order valence-corrected chi connectivity index (χ2v) is 9.16. The molecule has 1 fully saturated rings. The van der Waals surface area contributed by atoms with Crippen LogP contribution in [0.3, 0.4) is 0 Å². The molecule has 0 saturated carbocycles. The summed E-state index contributed by atoms with van der Waals surface area (Å²) in [5.74, 6) is 0.303. The topological polar surface area (TPSA) is 54.5 Å². The van der Waals surface area contributed by atoms with Crippen molar-refractivity contribution in [2.75, 3.05) is 18.8 Å². The van der Waals surface area contributed by atoms with Crippen LogP contribution >= 0.6 is 0 Å². The van der Waals surface area contributed by atoms with Crippen molar-refractivity contribution in [3.8, 4) is 11.1 Å². The zero-order valence-electron chi connectivity index (χ0n) is 15.1. The Hall–Kier alpha value is -2.14. The van der Waals surface area contributed by atoms with Crippen LogP contribution < -0.4 is 0 Å². The summed E-state index contributed by atoms with van der Waals surface area (Å²) in [7, 11) is -3.45. The van der Waals surface area contributed by atoms with E-state index in [-0.39, 0.29) is 23.0 Å². The molecule has 2 aromatic rings. The second-order valence-electron chi connectivity index (χ2n) is 7.05.